The molecule has 1 fully saturated rings. The number of hydrogen-bond donors (Lipinski definition) is 1. The van der Waals surface area contributed by atoms with Gasteiger partial charge in [-0.3, -0.25) is 9.59 Å². The summed E-state index contributed by atoms with van der Waals surface area (Å²) in [5, 5.41) is 2.89. The van der Waals surface area contributed by atoms with Gasteiger partial charge in [0, 0.05) is 18.8 Å². The van der Waals surface area contributed by atoms with Crippen LogP contribution in [0.4, 0.5) is 11.4 Å². The smallest absolute Gasteiger partial charge is 0.265 e. The molecule has 2 aromatic carbocycles. The normalized spacial score (nSPS) is 17.8. The molecule has 0 bridgehead atoms. The number of rotatable bonds is 8. The highest BCUT2D eigenvalue weighted by Crippen LogP contribution is 2.35. The van der Waals surface area contributed by atoms with Crippen molar-refractivity contribution in [3.8, 4) is 11.5 Å². The predicted octanol–water partition coefficient (Wildman–Crippen LogP) is 3.70. The quantitative estimate of drug-likeness (QED) is 0.654. The van der Waals surface area contributed by atoms with E-state index in [9.17, 15) is 9.59 Å². The maximum Gasteiger partial charge on any atom is 0.265 e. The second-order valence-corrected chi connectivity index (χ2v) is 7.88. The number of amides is 2. The van der Waals surface area contributed by atoms with E-state index in [1.54, 1.807) is 23.1 Å². The summed E-state index contributed by atoms with van der Waals surface area (Å²) in [6.07, 6.45) is 2.84. The van der Waals surface area contributed by atoms with E-state index < -0.39 is 6.10 Å². The van der Waals surface area contributed by atoms with Crippen molar-refractivity contribution in [1.82, 2.24) is 0 Å². The van der Waals surface area contributed by atoms with E-state index in [2.05, 4.69) is 5.32 Å². The van der Waals surface area contributed by atoms with E-state index in [1.165, 1.54) is 5.56 Å². The minimum absolute atomic E-state index is 0.0223. The van der Waals surface area contributed by atoms with Crippen molar-refractivity contribution in [2.24, 2.45) is 0 Å². The summed E-state index contributed by atoms with van der Waals surface area (Å²) in [5.74, 6) is 1.26. The third kappa shape index (κ3) is 5.35. The zero-order chi connectivity index (χ0) is 21.6. The van der Waals surface area contributed by atoms with E-state index in [1.807, 2.05) is 31.2 Å². The standard InChI is InChI=1S/C24H28N2O5/c1-17-6-9-19(10-7-17)29-13-3-2-12-26-20-15-18(8-11-21(20)31-16-23(26)27)25-24(28)22-5-4-14-30-22/h6-11,15,22H,2-5,12-14,16H2,1H3,(H,25,28). The molecule has 1 N–H and O–H groups in total. The molecular formula is C24H28N2O5. The fraction of sp³-hybridized carbons (Fsp3) is 0.417. The molecule has 2 aliphatic heterocycles. The molecule has 2 aliphatic rings. The van der Waals surface area contributed by atoms with Crippen LogP contribution < -0.4 is 19.7 Å². The number of anilines is 2. The molecule has 2 heterocycles. The first kappa shape index (κ1) is 21.2. The van der Waals surface area contributed by atoms with E-state index in [4.69, 9.17) is 14.2 Å². The Bertz CT molecular complexity index is 922. The Morgan fingerprint density at radius 3 is 2.81 bits per heavy atom. The van der Waals surface area contributed by atoms with Gasteiger partial charge in [-0.2, -0.15) is 0 Å². The van der Waals surface area contributed by atoms with Gasteiger partial charge < -0.3 is 24.4 Å². The van der Waals surface area contributed by atoms with Crippen molar-refractivity contribution in [3.05, 3.63) is 48.0 Å². The number of fused-ring (bicyclic) bond motifs is 1. The number of carbonyl (C=O) groups excluding carboxylic acids is 2. The van der Waals surface area contributed by atoms with Crippen LogP contribution in [0.2, 0.25) is 0 Å². The van der Waals surface area contributed by atoms with Crippen LogP contribution in [0, 0.1) is 6.92 Å². The van der Waals surface area contributed by atoms with Gasteiger partial charge in [-0.25, -0.2) is 0 Å². The first-order chi connectivity index (χ1) is 15.1. The van der Waals surface area contributed by atoms with Crippen LogP contribution in [-0.2, 0) is 14.3 Å². The second kappa shape index (κ2) is 9.83. The van der Waals surface area contributed by atoms with Gasteiger partial charge in [0.1, 0.15) is 17.6 Å². The zero-order valence-corrected chi connectivity index (χ0v) is 17.8. The van der Waals surface area contributed by atoms with Gasteiger partial charge in [-0.15, -0.1) is 0 Å². The van der Waals surface area contributed by atoms with E-state index in [0.717, 1.165) is 31.4 Å². The second-order valence-electron chi connectivity index (χ2n) is 7.88. The summed E-state index contributed by atoms with van der Waals surface area (Å²) in [7, 11) is 0. The lowest BCUT2D eigenvalue weighted by molar-refractivity contribution is -0.124. The maximum absolute atomic E-state index is 12.5. The summed E-state index contributed by atoms with van der Waals surface area (Å²) < 4.78 is 16.8. The molecule has 2 amide bonds. The van der Waals surface area contributed by atoms with Crippen LogP contribution in [0.15, 0.2) is 42.5 Å². The topological polar surface area (TPSA) is 77.1 Å². The van der Waals surface area contributed by atoms with E-state index in [0.29, 0.717) is 36.9 Å². The molecule has 0 spiro atoms. The number of nitrogens with one attached hydrogen (secondary N) is 1. The Morgan fingerprint density at radius 1 is 1.19 bits per heavy atom. The SMILES string of the molecule is Cc1ccc(OCCCCN2C(=O)COc3ccc(NC(=O)C4CCCO4)cc32)cc1. The van der Waals surface area contributed by atoms with Gasteiger partial charge in [0.05, 0.1) is 12.3 Å². The van der Waals surface area contributed by atoms with Crippen molar-refractivity contribution in [2.75, 3.05) is 36.6 Å². The lowest BCUT2D eigenvalue weighted by Gasteiger charge is -2.30. The summed E-state index contributed by atoms with van der Waals surface area (Å²) in [6.45, 7) is 3.84. The molecule has 0 aliphatic carbocycles. The largest absolute Gasteiger partial charge is 0.494 e. The number of aryl methyl sites for hydroxylation is 1. The van der Waals surface area contributed by atoms with Crippen LogP contribution in [0.3, 0.4) is 0 Å². The minimum atomic E-state index is -0.404. The Hall–Kier alpha value is -3.06. The lowest BCUT2D eigenvalue weighted by Crippen LogP contribution is -2.39. The van der Waals surface area contributed by atoms with Gasteiger partial charge >= 0.3 is 0 Å². The van der Waals surface area contributed by atoms with Gasteiger partial charge in [0.2, 0.25) is 0 Å². The van der Waals surface area contributed by atoms with E-state index in [-0.39, 0.29) is 18.4 Å². The average molecular weight is 424 g/mol. The average Bonchev–Trinajstić information content (AvgIpc) is 3.31. The van der Waals surface area contributed by atoms with Crippen molar-refractivity contribution in [3.63, 3.8) is 0 Å². The molecule has 0 radical (unpaired) electrons. The van der Waals surface area contributed by atoms with Crippen LogP contribution in [-0.4, -0.2) is 44.3 Å². The third-order valence-electron chi connectivity index (χ3n) is 5.46. The Balaban J connectivity index is 1.33. The first-order valence-corrected chi connectivity index (χ1v) is 10.8. The van der Waals surface area contributed by atoms with Crippen LogP contribution in [0.1, 0.15) is 31.2 Å². The summed E-state index contributed by atoms with van der Waals surface area (Å²) in [4.78, 5) is 26.6. The monoisotopic (exact) mass is 424 g/mol. The molecule has 4 rings (SSSR count). The highest BCUT2D eigenvalue weighted by Gasteiger charge is 2.27. The number of carbonyl (C=O) groups is 2. The maximum atomic E-state index is 12.5. The van der Waals surface area contributed by atoms with Crippen LogP contribution in [0.25, 0.3) is 0 Å². The summed E-state index contributed by atoms with van der Waals surface area (Å²) in [6, 6.07) is 13.3. The minimum Gasteiger partial charge on any atom is -0.494 e. The molecule has 0 saturated carbocycles. The molecule has 7 nitrogen and oxygen atoms in total. The van der Waals surface area contributed by atoms with Crippen LogP contribution >= 0.6 is 0 Å². The number of ether oxygens (including phenoxy) is 3. The van der Waals surface area contributed by atoms with Gasteiger partial charge in [0.25, 0.3) is 11.8 Å². The highest BCUT2D eigenvalue weighted by atomic mass is 16.5. The fourth-order valence-corrected chi connectivity index (χ4v) is 3.73. The Morgan fingerprint density at radius 2 is 2.03 bits per heavy atom. The van der Waals surface area contributed by atoms with Crippen molar-refractivity contribution >= 4 is 23.2 Å². The zero-order valence-electron chi connectivity index (χ0n) is 17.8. The van der Waals surface area contributed by atoms with Crippen molar-refractivity contribution < 1.29 is 23.8 Å². The molecule has 31 heavy (non-hydrogen) atoms. The molecule has 164 valence electrons. The summed E-state index contributed by atoms with van der Waals surface area (Å²) in [5.41, 5.74) is 2.51. The molecule has 1 atom stereocenters. The van der Waals surface area contributed by atoms with E-state index >= 15 is 0 Å². The molecule has 2 aromatic rings. The predicted molar refractivity (Wildman–Crippen MR) is 118 cm³/mol. The number of nitrogens with zero attached hydrogens (tertiary/aromatic N) is 1. The molecule has 1 unspecified atom stereocenters. The number of benzene rings is 2. The number of unbranched alkanes of at least 4 members (excludes halogenated alkanes) is 1. The molecule has 0 aromatic heterocycles. The third-order valence-corrected chi connectivity index (χ3v) is 5.46. The fourth-order valence-electron chi connectivity index (χ4n) is 3.73. The molecule has 1 saturated heterocycles. The van der Waals surface area contributed by atoms with Gasteiger partial charge in [-0.05, 0) is 62.9 Å². The molecular weight excluding hydrogens is 396 g/mol. The number of hydrogen-bond acceptors (Lipinski definition) is 5. The van der Waals surface area contributed by atoms with Crippen molar-refractivity contribution in [2.45, 2.75) is 38.7 Å². The van der Waals surface area contributed by atoms with Gasteiger partial charge in [-0.1, -0.05) is 17.7 Å². The Kier molecular flexibility index (Phi) is 6.72. The highest BCUT2D eigenvalue weighted by molar-refractivity contribution is 6.00. The Labute approximate surface area is 182 Å². The summed E-state index contributed by atoms with van der Waals surface area (Å²) >= 11 is 0. The van der Waals surface area contributed by atoms with Crippen LogP contribution in [0.5, 0.6) is 11.5 Å². The van der Waals surface area contributed by atoms with Gasteiger partial charge in [0.15, 0.2) is 6.61 Å². The van der Waals surface area contributed by atoms with Crippen molar-refractivity contribution in [1.29, 1.82) is 0 Å². The molecule has 7 heteroatoms. The lowest BCUT2D eigenvalue weighted by atomic mass is 10.1. The first-order valence-electron chi connectivity index (χ1n) is 10.8.